The van der Waals surface area contributed by atoms with Gasteiger partial charge in [-0.05, 0) is 54.1 Å². The summed E-state index contributed by atoms with van der Waals surface area (Å²) in [6.07, 6.45) is 2.97. The van der Waals surface area contributed by atoms with Gasteiger partial charge in [0.05, 0.1) is 18.2 Å². The lowest BCUT2D eigenvalue weighted by Gasteiger charge is -2.19. The molecule has 3 aromatic rings. The van der Waals surface area contributed by atoms with Gasteiger partial charge in [-0.1, -0.05) is 12.1 Å². The van der Waals surface area contributed by atoms with Crippen molar-refractivity contribution in [2.45, 2.75) is 12.5 Å². The van der Waals surface area contributed by atoms with Crippen LogP contribution in [0.1, 0.15) is 34.1 Å². The molecule has 1 aromatic heterocycles. The van der Waals surface area contributed by atoms with Gasteiger partial charge in [0, 0.05) is 17.7 Å². The van der Waals surface area contributed by atoms with Crippen LogP contribution in [0.3, 0.4) is 0 Å². The molecule has 1 atom stereocenters. The molecule has 2 heterocycles. The molecule has 0 saturated heterocycles. The molecule has 1 aliphatic rings. The van der Waals surface area contributed by atoms with E-state index < -0.39 is 27.8 Å². The summed E-state index contributed by atoms with van der Waals surface area (Å²) in [5.41, 5.74) is 1.97. The van der Waals surface area contributed by atoms with Crippen LogP contribution in [0.15, 0.2) is 76.4 Å². The molecule has 1 N–H and O–H groups in total. The first-order valence-electron chi connectivity index (χ1n) is 9.08. The maximum absolute atomic E-state index is 13.2. The third-order valence-corrected chi connectivity index (χ3v) is 5.19. The molecule has 0 spiro atoms. The first-order chi connectivity index (χ1) is 14.3. The number of sulfonamides is 1. The highest BCUT2D eigenvalue weighted by Gasteiger charge is 2.35. The fraction of sp³-hybridized carbons (Fsp3) is 0.143. The van der Waals surface area contributed by atoms with Crippen molar-refractivity contribution in [3.63, 3.8) is 0 Å². The predicted octanol–water partition coefficient (Wildman–Crippen LogP) is 3.78. The Morgan fingerprint density at radius 3 is 2.60 bits per heavy atom. The molecular formula is C21H18FN3O4S. The van der Waals surface area contributed by atoms with Gasteiger partial charge in [0.25, 0.3) is 5.91 Å². The molecule has 1 aliphatic heterocycles. The molecule has 154 valence electrons. The molecule has 7 nitrogen and oxygen atoms in total. The lowest BCUT2D eigenvalue weighted by Crippen LogP contribution is -2.26. The lowest BCUT2D eigenvalue weighted by atomic mass is 10.0. The summed E-state index contributed by atoms with van der Waals surface area (Å²) in [6.45, 7) is 0. The van der Waals surface area contributed by atoms with Crippen molar-refractivity contribution >= 4 is 27.3 Å². The van der Waals surface area contributed by atoms with Gasteiger partial charge < -0.3 is 4.42 Å². The number of rotatable bonds is 5. The number of halogens is 1. The van der Waals surface area contributed by atoms with Crippen LogP contribution in [0.2, 0.25) is 0 Å². The second-order valence-corrected chi connectivity index (χ2v) is 8.64. The number of furan rings is 1. The second kappa shape index (κ2) is 7.75. The zero-order valence-electron chi connectivity index (χ0n) is 15.9. The highest BCUT2D eigenvalue weighted by atomic mass is 32.2. The van der Waals surface area contributed by atoms with Crippen molar-refractivity contribution in [2.24, 2.45) is 5.10 Å². The number of hydrogen-bond acceptors (Lipinski definition) is 5. The van der Waals surface area contributed by atoms with Crippen molar-refractivity contribution in [1.29, 1.82) is 0 Å². The second-order valence-electron chi connectivity index (χ2n) is 6.89. The van der Waals surface area contributed by atoms with Gasteiger partial charge in [-0.2, -0.15) is 5.10 Å². The summed E-state index contributed by atoms with van der Waals surface area (Å²) in [7, 11) is -3.43. The fourth-order valence-electron chi connectivity index (χ4n) is 3.28. The Morgan fingerprint density at radius 2 is 1.93 bits per heavy atom. The summed E-state index contributed by atoms with van der Waals surface area (Å²) < 4.78 is 44.2. The van der Waals surface area contributed by atoms with E-state index in [0.717, 1.165) is 6.26 Å². The Hall–Kier alpha value is -3.46. The van der Waals surface area contributed by atoms with Crippen molar-refractivity contribution < 1.29 is 22.0 Å². The molecule has 0 saturated carbocycles. The van der Waals surface area contributed by atoms with Gasteiger partial charge in [-0.3, -0.25) is 9.52 Å². The van der Waals surface area contributed by atoms with Crippen LogP contribution in [-0.2, 0) is 10.0 Å². The summed E-state index contributed by atoms with van der Waals surface area (Å²) in [4.78, 5) is 13.1. The number of amides is 1. The molecule has 0 bridgehead atoms. The Morgan fingerprint density at radius 1 is 1.17 bits per heavy atom. The Kier molecular flexibility index (Phi) is 5.13. The average molecular weight is 427 g/mol. The number of nitrogens with one attached hydrogen (secondary N) is 1. The zero-order valence-corrected chi connectivity index (χ0v) is 16.8. The van der Waals surface area contributed by atoms with Crippen LogP contribution in [0, 0.1) is 5.82 Å². The number of anilines is 1. The molecule has 0 unspecified atom stereocenters. The lowest BCUT2D eigenvalue weighted by molar-refractivity contribution is 0.0693. The van der Waals surface area contributed by atoms with Crippen molar-refractivity contribution in [3.8, 4) is 0 Å². The summed E-state index contributed by atoms with van der Waals surface area (Å²) in [5.74, 6) is -0.263. The number of benzene rings is 2. The third kappa shape index (κ3) is 4.25. The average Bonchev–Trinajstić information content (AvgIpc) is 3.37. The summed E-state index contributed by atoms with van der Waals surface area (Å²) in [6, 6.07) is 15.0. The number of nitrogens with zero attached hydrogens (tertiary/aromatic N) is 2. The van der Waals surface area contributed by atoms with E-state index in [4.69, 9.17) is 4.42 Å². The number of hydrazone groups is 1. The van der Waals surface area contributed by atoms with E-state index in [2.05, 4.69) is 9.82 Å². The molecular weight excluding hydrogens is 409 g/mol. The molecule has 30 heavy (non-hydrogen) atoms. The van der Waals surface area contributed by atoms with Gasteiger partial charge in [0.2, 0.25) is 10.0 Å². The van der Waals surface area contributed by atoms with E-state index >= 15 is 0 Å². The first kappa shape index (κ1) is 19.8. The molecule has 4 rings (SSSR count). The van der Waals surface area contributed by atoms with Crippen molar-refractivity contribution in [1.82, 2.24) is 5.01 Å². The molecule has 2 aromatic carbocycles. The van der Waals surface area contributed by atoms with E-state index in [1.54, 1.807) is 36.4 Å². The maximum atomic E-state index is 13.2. The highest BCUT2D eigenvalue weighted by molar-refractivity contribution is 7.92. The van der Waals surface area contributed by atoms with E-state index in [9.17, 15) is 17.6 Å². The van der Waals surface area contributed by atoms with Crippen molar-refractivity contribution in [3.05, 3.63) is 89.6 Å². The molecule has 0 fully saturated rings. The topological polar surface area (TPSA) is 92.0 Å². The Labute approximate surface area is 172 Å². The smallest absolute Gasteiger partial charge is 0.274 e. The van der Waals surface area contributed by atoms with Crippen LogP contribution < -0.4 is 4.72 Å². The van der Waals surface area contributed by atoms with Crippen LogP contribution in [0.25, 0.3) is 0 Å². The number of carbonyl (C=O) groups excluding carboxylic acids is 1. The van der Waals surface area contributed by atoms with Crippen LogP contribution in [0.5, 0.6) is 0 Å². The molecule has 0 radical (unpaired) electrons. The Bertz CT molecular complexity index is 1210. The molecule has 9 heteroatoms. The van der Waals surface area contributed by atoms with Gasteiger partial charge >= 0.3 is 0 Å². The van der Waals surface area contributed by atoms with E-state index in [1.807, 2.05) is 0 Å². The number of carbonyl (C=O) groups is 1. The van der Waals surface area contributed by atoms with Crippen LogP contribution >= 0.6 is 0 Å². The number of hydrogen-bond donors (Lipinski definition) is 1. The zero-order chi connectivity index (χ0) is 21.3. The largest absolute Gasteiger partial charge is 0.467 e. The maximum Gasteiger partial charge on any atom is 0.274 e. The normalized spacial score (nSPS) is 16.4. The van der Waals surface area contributed by atoms with Gasteiger partial charge in [0.1, 0.15) is 17.6 Å². The van der Waals surface area contributed by atoms with E-state index in [1.165, 1.54) is 35.5 Å². The highest BCUT2D eigenvalue weighted by Crippen LogP contribution is 2.34. The van der Waals surface area contributed by atoms with Gasteiger partial charge in [-0.25, -0.2) is 17.8 Å². The minimum absolute atomic E-state index is 0.297. The fourth-order valence-corrected chi connectivity index (χ4v) is 3.83. The minimum atomic E-state index is -3.43. The molecule has 0 aliphatic carbocycles. The van der Waals surface area contributed by atoms with Crippen LogP contribution in [0.4, 0.5) is 10.1 Å². The SMILES string of the molecule is CS(=O)(=O)Nc1cccc(C2=NN(C(=O)c3ccc(F)cc3)[C@@H](c3ccco3)C2)c1. The van der Waals surface area contributed by atoms with E-state index in [-0.39, 0.29) is 0 Å². The van der Waals surface area contributed by atoms with Gasteiger partial charge in [0.15, 0.2) is 0 Å². The van der Waals surface area contributed by atoms with Crippen molar-refractivity contribution in [2.75, 3.05) is 11.0 Å². The minimum Gasteiger partial charge on any atom is -0.467 e. The predicted molar refractivity (Wildman–Crippen MR) is 110 cm³/mol. The molecule has 1 amide bonds. The van der Waals surface area contributed by atoms with Gasteiger partial charge in [-0.15, -0.1) is 0 Å². The quantitative estimate of drug-likeness (QED) is 0.671. The van der Waals surface area contributed by atoms with Crippen LogP contribution in [-0.4, -0.2) is 31.3 Å². The Balaban J connectivity index is 1.69. The monoisotopic (exact) mass is 427 g/mol. The first-order valence-corrected chi connectivity index (χ1v) is 11.0. The summed E-state index contributed by atoms with van der Waals surface area (Å²) in [5, 5.41) is 5.82. The third-order valence-electron chi connectivity index (χ3n) is 4.58. The standard InChI is InChI=1S/C21H18FN3O4S/c1-30(27,28)24-17-5-2-4-15(12-17)18-13-19(20-6-3-11-29-20)25(23-18)21(26)14-7-9-16(22)10-8-14/h2-12,19,24H,13H2,1H3/t19-/m1/s1. The van der Waals surface area contributed by atoms with E-state index in [0.29, 0.717) is 34.7 Å². The summed E-state index contributed by atoms with van der Waals surface area (Å²) >= 11 is 0.